The lowest BCUT2D eigenvalue weighted by molar-refractivity contribution is -0.386. The van der Waals surface area contributed by atoms with Gasteiger partial charge in [-0.25, -0.2) is 0 Å². The largest absolute Gasteiger partial charge is 0.493 e. The Balaban J connectivity index is 2.30. The second kappa shape index (κ2) is 8.14. The highest BCUT2D eigenvalue weighted by Gasteiger charge is 2.22. The Morgan fingerprint density at radius 3 is 2.52 bits per heavy atom. The molecule has 0 aromatic heterocycles. The molecule has 0 spiro atoms. The number of nitro benzene ring substituents is 1. The molecule has 0 aliphatic carbocycles. The van der Waals surface area contributed by atoms with Crippen molar-refractivity contribution in [1.29, 1.82) is 0 Å². The van der Waals surface area contributed by atoms with Gasteiger partial charge in [-0.15, -0.1) is 0 Å². The van der Waals surface area contributed by atoms with E-state index >= 15 is 0 Å². The smallest absolute Gasteiger partial charge is 0.315 e. The molecule has 1 N–H and O–H groups in total. The lowest BCUT2D eigenvalue weighted by Crippen LogP contribution is -2.12. The van der Waals surface area contributed by atoms with Gasteiger partial charge in [0, 0.05) is 12.6 Å². The van der Waals surface area contributed by atoms with Crippen molar-refractivity contribution in [3.63, 3.8) is 0 Å². The number of nitrogens with one attached hydrogen (secondary N) is 1. The number of ether oxygens (including phenoxy) is 2. The van der Waals surface area contributed by atoms with Crippen LogP contribution in [0.3, 0.4) is 0 Å². The van der Waals surface area contributed by atoms with Crippen molar-refractivity contribution >= 4 is 5.69 Å². The fourth-order valence-corrected chi connectivity index (χ4v) is 2.18. The molecule has 122 valence electrons. The van der Waals surface area contributed by atoms with Crippen LogP contribution in [-0.2, 0) is 13.2 Å². The Bertz CT molecular complexity index is 659. The number of benzene rings is 2. The molecule has 0 unspecified atom stereocenters. The molecule has 23 heavy (non-hydrogen) atoms. The van der Waals surface area contributed by atoms with Gasteiger partial charge in [0.25, 0.3) is 0 Å². The number of nitrogens with zero attached hydrogens (tertiary/aromatic N) is 1. The zero-order valence-electron chi connectivity index (χ0n) is 13.2. The second-order valence-electron chi connectivity index (χ2n) is 4.96. The van der Waals surface area contributed by atoms with Gasteiger partial charge in [-0.3, -0.25) is 10.1 Å². The molecule has 0 saturated heterocycles. The average Bonchev–Trinajstić information content (AvgIpc) is 2.58. The maximum atomic E-state index is 11.4. The van der Waals surface area contributed by atoms with Gasteiger partial charge in [0.05, 0.1) is 12.0 Å². The van der Waals surface area contributed by atoms with E-state index in [-0.39, 0.29) is 18.0 Å². The second-order valence-corrected chi connectivity index (χ2v) is 4.96. The highest BCUT2D eigenvalue weighted by atomic mass is 16.6. The van der Waals surface area contributed by atoms with Crippen molar-refractivity contribution in [2.24, 2.45) is 0 Å². The third-order valence-corrected chi connectivity index (χ3v) is 3.32. The maximum Gasteiger partial charge on any atom is 0.315 e. The summed E-state index contributed by atoms with van der Waals surface area (Å²) in [7, 11) is 1.48. The van der Waals surface area contributed by atoms with Crippen LogP contribution in [0.15, 0.2) is 42.5 Å². The molecule has 0 saturated carbocycles. The zero-order chi connectivity index (χ0) is 16.7. The van der Waals surface area contributed by atoms with Crippen LogP contribution in [0.1, 0.15) is 18.1 Å². The third kappa shape index (κ3) is 4.43. The predicted molar refractivity (Wildman–Crippen MR) is 87.8 cm³/mol. The standard InChI is InChI=1S/C17H20N2O4/c1-3-18-11-14-9-15(19(20)21)17(16(10-14)22-2)23-12-13-7-5-4-6-8-13/h4-10,18H,3,11-12H2,1-2H3. The van der Waals surface area contributed by atoms with Crippen molar-refractivity contribution in [3.05, 3.63) is 63.7 Å². The van der Waals surface area contributed by atoms with E-state index in [0.717, 1.165) is 17.7 Å². The summed E-state index contributed by atoms with van der Waals surface area (Å²) >= 11 is 0. The highest BCUT2D eigenvalue weighted by molar-refractivity contribution is 5.58. The summed E-state index contributed by atoms with van der Waals surface area (Å²) in [6.45, 7) is 3.53. The van der Waals surface area contributed by atoms with Gasteiger partial charge in [-0.2, -0.15) is 0 Å². The van der Waals surface area contributed by atoms with Crippen LogP contribution in [0.4, 0.5) is 5.69 Å². The van der Waals surface area contributed by atoms with Gasteiger partial charge in [0.2, 0.25) is 5.75 Å². The minimum atomic E-state index is -0.446. The third-order valence-electron chi connectivity index (χ3n) is 3.32. The fourth-order valence-electron chi connectivity index (χ4n) is 2.18. The van der Waals surface area contributed by atoms with E-state index in [9.17, 15) is 10.1 Å². The Kier molecular flexibility index (Phi) is 5.94. The van der Waals surface area contributed by atoms with E-state index in [1.54, 1.807) is 6.07 Å². The first kappa shape index (κ1) is 16.8. The van der Waals surface area contributed by atoms with Gasteiger partial charge in [0.1, 0.15) is 6.61 Å². The summed E-state index contributed by atoms with van der Waals surface area (Å²) in [6, 6.07) is 12.8. The zero-order valence-corrected chi connectivity index (χ0v) is 13.2. The molecule has 0 aliphatic rings. The summed E-state index contributed by atoms with van der Waals surface area (Å²) in [5, 5.41) is 14.5. The highest BCUT2D eigenvalue weighted by Crippen LogP contribution is 2.38. The number of rotatable bonds is 8. The van der Waals surface area contributed by atoms with E-state index in [4.69, 9.17) is 9.47 Å². The van der Waals surface area contributed by atoms with Gasteiger partial charge in [-0.05, 0) is 23.7 Å². The van der Waals surface area contributed by atoms with Gasteiger partial charge in [-0.1, -0.05) is 37.3 Å². The molecule has 0 heterocycles. The van der Waals surface area contributed by atoms with Gasteiger partial charge < -0.3 is 14.8 Å². The van der Waals surface area contributed by atoms with Crippen LogP contribution >= 0.6 is 0 Å². The molecule has 6 nitrogen and oxygen atoms in total. The maximum absolute atomic E-state index is 11.4. The quantitative estimate of drug-likeness (QED) is 0.597. The molecule has 0 aliphatic heterocycles. The first-order valence-electron chi connectivity index (χ1n) is 7.38. The van der Waals surface area contributed by atoms with Gasteiger partial charge in [0.15, 0.2) is 5.75 Å². The Morgan fingerprint density at radius 1 is 1.17 bits per heavy atom. The monoisotopic (exact) mass is 316 g/mol. The number of methoxy groups -OCH3 is 1. The van der Waals surface area contributed by atoms with E-state index < -0.39 is 4.92 Å². The van der Waals surface area contributed by atoms with E-state index in [2.05, 4.69) is 5.32 Å². The van der Waals surface area contributed by atoms with E-state index in [1.807, 2.05) is 37.3 Å². The molecule has 0 bridgehead atoms. The van der Waals surface area contributed by atoms with Crippen molar-refractivity contribution < 1.29 is 14.4 Å². The van der Waals surface area contributed by atoms with E-state index in [0.29, 0.717) is 12.3 Å². The van der Waals surface area contributed by atoms with Gasteiger partial charge >= 0.3 is 5.69 Å². The Labute approximate surface area is 135 Å². The molecule has 6 heteroatoms. The number of nitro groups is 1. The minimum Gasteiger partial charge on any atom is -0.493 e. The summed E-state index contributed by atoms with van der Waals surface area (Å²) in [5.41, 5.74) is 1.62. The molecular formula is C17H20N2O4. The Hall–Kier alpha value is -2.60. The minimum absolute atomic E-state index is 0.0896. The molecule has 2 aromatic rings. The number of hydrogen-bond acceptors (Lipinski definition) is 5. The van der Waals surface area contributed by atoms with Crippen LogP contribution in [0.25, 0.3) is 0 Å². The summed E-state index contributed by atoms with van der Waals surface area (Å²) in [5.74, 6) is 0.518. The fraction of sp³-hybridized carbons (Fsp3) is 0.294. The van der Waals surface area contributed by atoms with Crippen LogP contribution in [0.2, 0.25) is 0 Å². The topological polar surface area (TPSA) is 73.6 Å². The van der Waals surface area contributed by atoms with E-state index in [1.165, 1.54) is 13.2 Å². The number of hydrogen-bond donors (Lipinski definition) is 1. The van der Waals surface area contributed by atoms with Crippen LogP contribution < -0.4 is 14.8 Å². The molecule has 2 aromatic carbocycles. The SMILES string of the molecule is CCNCc1cc(OC)c(OCc2ccccc2)c([N+](=O)[O-])c1. The molecule has 0 radical (unpaired) electrons. The lowest BCUT2D eigenvalue weighted by atomic mass is 10.1. The molecular weight excluding hydrogens is 296 g/mol. The predicted octanol–water partition coefficient (Wildman–Crippen LogP) is 3.29. The molecule has 0 amide bonds. The summed E-state index contributed by atoms with van der Waals surface area (Å²) in [4.78, 5) is 10.9. The first-order chi connectivity index (χ1) is 11.2. The lowest BCUT2D eigenvalue weighted by Gasteiger charge is -2.13. The van der Waals surface area contributed by atoms with Crippen molar-refractivity contribution in [2.75, 3.05) is 13.7 Å². The van der Waals surface area contributed by atoms with Crippen LogP contribution in [-0.4, -0.2) is 18.6 Å². The average molecular weight is 316 g/mol. The molecule has 0 atom stereocenters. The molecule has 0 fully saturated rings. The van der Waals surface area contributed by atoms with Crippen LogP contribution in [0.5, 0.6) is 11.5 Å². The summed E-state index contributed by atoms with van der Waals surface area (Å²) in [6.07, 6.45) is 0. The molecule has 2 rings (SSSR count). The van der Waals surface area contributed by atoms with Crippen molar-refractivity contribution in [1.82, 2.24) is 5.32 Å². The van der Waals surface area contributed by atoms with Crippen molar-refractivity contribution in [3.8, 4) is 11.5 Å². The summed E-state index contributed by atoms with van der Waals surface area (Å²) < 4.78 is 11.0. The normalized spacial score (nSPS) is 10.3. The first-order valence-corrected chi connectivity index (χ1v) is 7.38. The Morgan fingerprint density at radius 2 is 1.91 bits per heavy atom. The van der Waals surface area contributed by atoms with Crippen LogP contribution in [0, 0.1) is 10.1 Å². The van der Waals surface area contributed by atoms with Crippen molar-refractivity contribution in [2.45, 2.75) is 20.1 Å².